The quantitative estimate of drug-likeness (QED) is 0.543. The molecule has 5 heteroatoms. The molecule has 1 atom stereocenters. The third-order valence-electron chi connectivity index (χ3n) is 5.56. The summed E-state index contributed by atoms with van der Waals surface area (Å²) in [7, 11) is 1.55. The maximum atomic E-state index is 14.4. The summed E-state index contributed by atoms with van der Waals surface area (Å²) in [6.07, 6.45) is 1.14. The van der Waals surface area contributed by atoms with E-state index in [0.29, 0.717) is 18.4 Å². The van der Waals surface area contributed by atoms with Gasteiger partial charge in [-0.3, -0.25) is 9.59 Å². The van der Waals surface area contributed by atoms with E-state index in [9.17, 15) is 14.0 Å². The van der Waals surface area contributed by atoms with E-state index >= 15 is 0 Å². The maximum Gasteiger partial charge on any atom is 0.242 e. The smallest absolute Gasteiger partial charge is 0.242 e. The molecule has 0 aliphatic carbocycles. The topological polar surface area (TPSA) is 49.4 Å². The van der Waals surface area contributed by atoms with E-state index in [4.69, 9.17) is 0 Å². The lowest BCUT2D eigenvalue weighted by molar-refractivity contribution is -0.141. The number of aryl methyl sites for hydroxylation is 2. The van der Waals surface area contributed by atoms with E-state index in [0.717, 1.165) is 16.7 Å². The summed E-state index contributed by atoms with van der Waals surface area (Å²) in [5, 5.41) is 2.67. The van der Waals surface area contributed by atoms with Gasteiger partial charge in [-0.1, -0.05) is 78.4 Å². The molecule has 0 bridgehead atoms. The van der Waals surface area contributed by atoms with Gasteiger partial charge in [-0.25, -0.2) is 4.39 Å². The number of likely N-dealkylation sites (N-methyl/N-ethyl adjacent to an activating group) is 1. The van der Waals surface area contributed by atoms with Gasteiger partial charge < -0.3 is 10.2 Å². The lowest BCUT2D eigenvalue weighted by atomic mass is 10.0. The Morgan fingerprint density at radius 1 is 0.906 bits per heavy atom. The molecule has 0 saturated heterocycles. The number of nitrogens with zero attached hydrogens (tertiary/aromatic N) is 1. The van der Waals surface area contributed by atoms with Crippen molar-refractivity contribution in [2.75, 3.05) is 7.05 Å². The molecule has 0 radical (unpaired) electrons. The first-order valence-electron chi connectivity index (χ1n) is 10.8. The molecule has 3 aromatic rings. The molecule has 0 heterocycles. The van der Waals surface area contributed by atoms with Gasteiger partial charge in [0.25, 0.3) is 0 Å². The molecule has 0 fully saturated rings. The van der Waals surface area contributed by atoms with Crippen molar-refractivity contribution < 1.29 is 14.0 Å². The van der Waals surface area contributed by atoms with E-state index < -0.39 is 6.04 Å². The summed E-state index contributed by atoms with van der Waals surface area (Å²) in [5.74, 6) is -0.841. The van der Waals surface area contributed by atoms with Crippen molar-refractivity contribution in [3.05, 3.63) is 107 Å². The van der Waals surface area contributed by atoms with Gasteiger partial charge >= 0.3 is 0 Å². The largest absolute Gasteiger partial charge is 0.357 e. The minimum Gasteiger partial charge on any atom is -0.357 e. The molecule has 1 unspecified atom stereocenters. The Hall–Kier alpha value is -3.47. The van der Waals surface area contributed by atoms with Gasteiger partial charge in [0.05, 0.1) is 0 Å². The van der Waals surface area contributed by atoms with Gasteiger partial charge in [0, 0.05) is 32.0 Å². The highest BCUT2D eigenvalue weighted by Gasteiger charge is 2.30. The highest BCUT2D eigenvalue weighted by atomic mass is 19.1. The van der Waals surface area contributed by atoms with Crippen LogP contribution in [0.4, 0.5) is 4.39 Å². The van der Waals surface area contributed by atoms with Crippen LogP contribution in [0, 0.1) is 12.7 Å². The van der Waals surface area contributed by atoms with Crippen LogP contribution < -0.4 is 5.32 Å². The Bertz CT molecular complexity index is 1040. The molecular formula is C27H29FN2O2. The summed E-state index contributed by atoms with van der Waals surface area (Å²) in [6, 6.07) is 23.2. The highest BCUT2D eigenvalue weighted by Crippen LogP contribution is 2.18. The van der Waals surface area contributed by atoms with Crippen molar-refractivity contribution >= 4 is 11.8 Å². The van der Waals surface area contributed by atoms with E-state index in [-0.39, 0.29) is 30.6 Å². The second-order valence-electron chi connectivity index (χ2n) is 7.92. The second-order valence-corrected chi connectivity index (χ2v) is 7.92. The van der Waals surface area contributed by atoms with E-state index in [2.05, 4.69) is 5.32 Å². The van der Waals surface area contributed by atoms with Crippen LogP contribution >= 0.6 is 0 Å². The molecule has 0 aliphatic rings. The lowest BCUT2D eigenvalue weighted by Crippen LogP contribution is -2.49. The monoisotopic (exact) mass is 432 g/mol. The van der Waals surface area contributed by atoms with Crippen LogP contribution in [0.1, 0.15) is 28.7 Å². The summed E-state index contributed by atoms with van der Waals surface area (Å²) in [5.41, 5.74) is 3.53. The Balaban J connectivity index is 1.87. The Morgan fingerprint density at radius 3 is 2.22 bits per heavy atom. The number of halogens is 1. The Labute approximate surface area is 189 Å². The first-order valence-corrected chi connectivity index (χ1v) is 10.8. The molecular weight excluding hydrogens is 403 g/mol. The first-order chi connectivity index (χ1) is 15.5. The lowest BCUT2D eigenvalue weighted by Gasteiger charge is -2.31. The predicted molar refractivity (Wildman–Crippen MR) is 124 cm³/mol. The van der Waals surface area contributed by atoms with Crippen molar-refractivity contribution in [3.8, 4) is 0 Å². The maximum absolute atomic E-state index is 14.4. The van der Waals surface area contributed by atoms with Crippen molar-refractivity contribution in [2.45, 2.75) is 38.8 Å². The van der Waals surface area contributed by atoms with Gasteiger partial charge in [-0.2, -0.15) is 0 Å². The van der Waals surface area contributed by atoms with Crippen LogP contribution in [-0.2, 0) is 29.0 Å². The fraction of sp³-hybridized carbons (Fsp3) is 0.259. The number of carbonyl (C=O) groups is 2. The first kappa shape index (κ1) is 23.2. The minimum atomic E-state index is -0.743. The van der Waals surface area contributed by atoms with Gasteiger partial charge in [0.1, 0.15) is 11.9 Å². The number of hydrogen-bond donors (Lipinski definition) is 1. The summed E-state index contributed by atoms with van der Waals surface area (Å²) in [6.45, 7) is 2.05. The highest BCUT2D eigenvalue weighted by molar-refractivity contribution is 5.88. The number of rotatable bonds is 9. The molecule has 0 spiro atoms. The standard InChI is InChI=1S/C27H29FN2O2/c1-20-12-14-21(15-13-20)16-17-26(31)30(19-23-10-6-7-11-24(23)28)25(27(32)29-2)18-22-8-4-3-5-9-22/h3-15,25H,16-19H2,1-2H3,(H,29,32). The normalized spacial score (nSPS) is 11.6. The molecule has 4 nitrogen and oxygen atoms in total. The van der Waals surface area contributed by atoms with Crippen molar-refractivity contribution in [1.82, 2.24) is 10.2 Å². The van der Waals surface area contributed by atoms with Crippen LogP contribution in [0.2, 0.25) is 0 Å². The predicted octanol–water partition coefficient (Wildman–Crippen LogP) is 4.45. The van der Waals surface area contributed by atoms with Crippen LogP contribution in [0.3, 0.4) is 0 Å². The van der Waals surface area contributed by atoms with Crippen LogP contribution in [0.15, 0.2) is 78.9 Å². The number of nitrogens with one attached hydrogen (secondary N) is 1. The zero-order chi connectivity index (χ0) is 22.9. The van der Waals surface area contributed by atoms with Crippen LogP contribution in [0.5, 0.6) is 0 Å². The van der Waals surface area contributed by atoms with Crippen molar-refractivity contribution in [2.24, 2.45) is 0 Å². The third-order valence-corrected chi connectivity index (χ3v) is 5.56. The van der Waals surface area contributed by atoms with Crippen LogP contribution in [0.25, 0.3) is 0 Å². The molecule has 0 aromatic heterocycles. The van der Waals surface area contributed by atoms with E-state index in [1.807, 2.05) is 61.5 Å². The fourth-order valence-electron chi connectivity index (χ4n) is 3.68. The molecule has 3 aromatic carbocycles. The van der Waals surface area contributed by atoms with Gasteiger partial charge in [-0.05, 0) is 30.5 Å². The second kappa shape index (κ2) is 11.2. The molecule has 1 N–H and O–H groups in total. The molecule has 2 amide bonds. The molecule has 32 heavy (non-hydrogen) atoms. The third kappa shape index (κ3) is 6.27. The molecule has 3 rings (SSSR count). The van der Waals surface area contributed by atoms with Gasteiger partial charge in [0.2, 0.25) is 11.8 Å². The average molecular weight is 433 g/mol. The number of hydrogen-bond acceptors (Lipinski definition) is 2. The summed E-state index contributed by atoms with van der Waals surface area (Å²) in [4.78, 5) is 27.7. The summed E-state index contributed by atoms with van der Waals surface area (Å²) >= 11 is 0. The number of amides is 2. The Kier molecular flexibility index (Phi) is 8.14. The number of benzene rings is 3. The molecule has 0 aliphatic heterocycles. The molecule has 0 saturated carbocycles. The van der Waals surface area contributed by atoms with Gasteiger partial charge in [-0.15, -0.1) is 0 Å². The van der Waals surface area contributed by atoms with Crippen LogP contribution in [-0.4, -0.2) is 29.8 Å². The SMILES string of the molecule is CNC(=O)C(Cc1ccccc1)N(Cc1ccccc1F)C(=O)CCc1ccc(C)cc1. The number of carbonyl (C=O) groups excluding carboxylic acids is 2. The van der Waals surface area contributed by atoms with E-state index in [1.54, 1.807) is 25.2 Å². The fourth-order valence-corrected chi connectivity index (χ4v) is 3.68. The minimum absolute atomic E-state index is 0.0321. The van der Waals surface area contributed by atoms with Crippen molar-refractivity contribution in [3.63, 3.8) is 0 Å². The van der Waals surface area contributed by atoms with Crippen molar-refractivity contribution in [1.29, 1.82) is 0 Å². The average Bonchev–Trinajstić information content (AvgIpc) is 2.82. The Morgan fingerprint density at radius 2 is 1.56 bits per heavy atom. The zero-order valence-corrected chi connectivity index (χ0v) is 18.6. The summed E-state index contributed by atoms with van der Waals surface area (Å²) < 4.78 is 14.4. The zero-order valence-electron chi connectivity index (χ0n) is 18.6. The molecule has 166 valence electrons. The van der Waals surface area contributed by atoms with Gasteiger partial charge in [0.15, 0.2) is 0 Å². The van der Waals surface area contributed by atoms with E-state index in [1.165, 1.54) is 11.0 Å².